The van der Waals surface area contributed by atoms with E-state index in [2.05, 4.69) is 17.9 Å². The summed E-state index contributed by atoms with van der Waals surface area (Å²) in [7, 11) is -2.42. The molecule has 0 radical (unpaired) electrons. The van der Waals surface area contributed by atoms with Crippen molar-refractivity contribution in [3.05, 3.63) is 43.2 Å². The third kappa shape index (κ3) is 3.55. The summed E-state index contributed by atoms with van der Waals surface area (Å²) in [5.74, 6) is -0.463. The smallest absolute Gasteiger partial charge is 0.290 e. The molecular weight excluding hydrogens is 268 g/mol. The van der Waals surface area contributed by atoms with Crippen molar-refractivity contribution in [2.24, 2.45) is 0 Å². The molecule has 0 saturated carbocycles. The molecule has 0 fully saturated rings. The van der Waals surface area contributed by atoms with Gasteiger partial charge in [-0.2, -0.15) is 0 Å². The van der Waals surface area contributed by atoms with Gasteiger partial charge in [0.1, 0.15) is 0 Å². The summed E-state index contributed by atoms with van der Waals surface area (Å²) in [6.07, 6.45) is 3.13. The fourth-order valence-electron chi connectivity index (χ4n) is 1.39. The summed E-state index contributed by atoms with van der Waals surface area (Å²) in [5, 5.41) is -0.296. The average molecular weight is 284 g/mol. The van der Waals surface area contributed by atoms with E-state index in [1.165, 1.54) is 24.1 Å². The molecule has 0 aliphatic heterocycles. The molecule has 0 bridgehead atoms. The lowest BCUT2D eigenvalue weighted by Gasteiger charge is -2.17. The molecule has 7 heteroatoms. The Morgan fingerprint density at radius 3 is 2.42 bits per heavy atom. The lowest BCUT2D eigenvalue weighted by Crippen LogP contribution is -2.31. The minimum absolute atomic E-state index is 0.0440. The van der Waals surface area contributed by atoms with Gasteiger partial charge in [0.2, 0.25) is 5.09 Å². The number of sulfonamides is 1. The SMILES string of the molecule is C=CCN(CC=C)C(=O)c1ccc(S(=O)(=O)NC)o1. The molecule has 19 heavy (non-hydrogen) atoms. The molecular formula is C12H16N2O4S. The Morgan fingerprint density at radius 2 is 1.95 bits per heavy atom. The van der Waals surface area contributed by atoms with Crippen LogP contribution in [0, 0.1) is 0 Å². The van der Waals surface area contributed by atoms with Crippen LogP contribution in [0.5, 0.6) is 0 Å². The van der Waals surface area contributed by atoms with Gasteiger partial charge in [-0.05, 0) is 19.2 Å². The fraction of sp³-hybridized carbons (Fsp3) is 0.250. The first-order chi connectivity index (χ1) is 8.96. The molecule has 6 nitrogen and oxygen atoms in total. The van der Waals surface area contributed by atoms with E-state index in [0.29, 0.717) is 13.1 Å². The first-order valence-corrected chi connectivity index (χ1v) is 6.99. The van der Waals surface area contributed by atoms with E-state index in [9.17, 15) is 13.2 Å². The number of furan rings is 1. The number of hydrogen-bond acceptors (Lipinski definition) is 4. The molecule has 1 aromatic rings. The zero-order valence-corrected chi connectivity index (χ0v) is 11.4. The van der Waals surface area contributed by atoms with Gasteiger partial charge in [-0.1, -0.05) is 12.2 Å². The van der Waals surface area contributed by atoms with Gasteiger partial charge in [0.05, 0.1) is 0 Å². The Morgan fingerprint density at radius 1 is 1.37 bits per heavy atom. The maximum atomic E-state index is 12.1. The summed E-state index contributed by atoms with van der Waals surface area (Å²) in [5.41, 5.74) is 0. The van der Waals surface area contributed by atoms with Gasteiger partial charge >= 0.3 is 0 Å². The van der Waals surface area contributed by atoms with Crippen LogP contribution < -0.4 is 4.72 Å². The average Bonchev–Trinajstić information content (AvgIpc) is 2.88. The second-order valence-corrected chi connectivity index (χ2v) is 5.43. The highest BCUT2D eigenvalue weighted by atomic mass is 32.2. The van der Waals surface area contributed by atoms with Gasteiger partial charge in [0.25, 0.3) is 15.9 Å². The summed E-state index contributed by atoms with van der Waals surface area (Å²) >= 11 is 0. The summed E-state index contributed by atoms with van der Waals surface area (Å²) in [4.78, 5) is 13.5. The van der Waals surface area contributed by atoms with Crippen molar-refractivity contribution < 1.29 is 17.6 Å². The Balaban J connectivity index is 3.00. The minimum Gasteiger partial charge on any atom is -0.438 e. The highest BCUT2D eigenvalue weighted by Gasteiger charge is 2.22. The molecule has 0 atom stereocenters. The Hall–Kier alpha value is -1.86. The van der Waals surface area contributed by atoms with Gasteiger partial charge in [0, 0.05) is 13.1 Å². The van der Waals surface area contributed by atoms with Crippen molar-refractivity contribution in [1.29, 1.82) is 0 Å². The number of amides is 1. The molecule has 0 unspecified atom stereocenters. The number of hydrogen-bond donors (Lipinski definition) is 1. The second-order valence-electron chi connectivity index (χ2n) is 3.61. The lowest BCUT2D eigenvalue weighted by molar-refractivity contribution is 0.0753. The monoisotopic (exact) mass is 284 g/mol. The summed E-state index contributed by atoms with van der Waals surface area (Å²) < 4.78 is 30.2. The van der Waals surface area contributed by atoms with Crippen molar-refractivity contribution in [2.45, 2.75) is 5.09 Å². The van der Waals surface area contributed by atoms with Crippen LogP contribution in [-0.4, -0.2) is 39.4 Å². The minimum atomic E-state index is -3.69. The third-order valence-corrected chi connectivity index (χ3v) is 3.60. The van der Waals surface area contributed by atoms with Crippen LogP contribution in [0.1, 0.15) is 10.6 Å². The van der Waals surface area contributed by atoms with Crippen molar-refractivity contribution in [3.8, 4) is 0 Å². The maximum Gasteiger partial charge on any atom is 0.290 e. The molecule has 0 spiro atoms. The fourth-order valence-corrected chi connectivity index (χ4v) is 2.04. The van der Waals surface area contributed by atoms with Crippen LogP contribution in [0.15, 0.2) is 47.0 Å². The predicted molar refractivity (Wildman–Crippen MR) is 71.3 cm³/mol. The number of nitrogens with zero attached hydrogens (tertiary/aromatic N) is 1. The van der Waals surface area contributed by atoms with Crippen LogP contribution >= 0.6 is 0 Å². The first-order valence-electron chi connectivity index (χ1n) is 5.50. The van der Waals surface area contributed by atoms with Gasteiger partial charge in [0.15, 0.2) is 5.76 Å². The van der Waals surface area contributed by atoms with Gasteiger partial charge in [-0.25, -0.2) is 13.1 Å². The van der Waals surface area contributed by atoms with E-state index in [1.807, 2.05) is 0 Å². The van der Waals surface area contributed by atoms with Crippen LogP contribution in [0.2, 0.25) is 0 Å². The molecule has 0 aliphatic rings. The number of nitrogens with one attached hydrogen (secondary N) is 1. The zero-order chi connectivity index (χ0) is 14.5. The van der Waals surface area contributed by atoms with Crippen molar-refractivity contribution in [2.75, 3.05) is 20.1 Å². The zero-order valence-electron chi connectivity index (χ0n) is 10.6. The molecule has 1 aromatic heterocycles. The van der Waals surface area contributed by atoms with E-state index >= 15 is 0 Å². The molecule has 1 heterocycles. The molecule has 1 N–H and O–H groups in total. The first kappa shape index (κ1) is 15.2. The maximum absolute atomic E-state index is 12.1. The molecule has 1 rings (SSSR count). The van der Waals surface area contributed by atoms with E-state index in [1.54, 1.807) is 12.2 Å². The molecule has 0 aromatic carbocycles. The standard InChI is InChI=1S/C12H16N2O4S/c1-4-8-14(9-5-2)12(15)10-6-7-11(18-10)19(16,17)13-3/h4-7,13H,1-2,8-9H2,3H3. The highest BCUT2D eigenvalue weighted by molar-refractivity contribution is 7.89. The van der Waals surface area contributed by atoms with Crippen molar-refractivity contribution in [3.63, 3.8) is 0 Å². The normalized spacial score (nSPS) is 11.0. The second kappa shape index (κ2) is 6.35. The predicted octanol–water partition coefficient (Wildman–Crippen LogP) is 1.00. The Kier molecular flexibility index (Phi) is 5.08. The van der Waals surface area contributed by atoms with Gasteiger partial charge in [-0.3, -0.25) is 4.79 Å². The summed E-state index contributed by atoms with van der Waals surface area (Å²) in [6, 6.07) is 2.56. The van der Waals surface area contributed by atoms with E-state index in [4.69, 9.17) is 4.42 Å². The Labute approximate surface area is 112 Å². The Bertz CT molecular complexity index is 564. The van der Waals surface area contributed by atoms with E-state index in [0.717, 1.165) is 0 Å². The quantitative estimate of drug-likeness (QED) is 0.758. The highest BCUT2D eigenvalue weighted by Crippen LogP contribution is 2.15. The van der Waals surface area contributed by atoms with Crippen LogP contribution in [-0.2, 0) is 10.0 Å². The molecule has 1 amide bonds. The molecule has 0 aliphatic carbocycles. The summed E-state index contributed by atoms with van der Waals surface area (Å²) in [6.45, 7) is 7.74. The van der Waals surface area contributed by atoms with Crippen LogP contribution in [0.4, 0.5) is 0 Å². The topological polar surface area (TPSA) is 79.6 Å². The van der Waals surface area contributed by atoms with Crippen molar-refractivity contribution in [1.82, 2.24) is 9.62 Å². The number of carbonyl (C=O) groups is 1. The van der Waals surface area contributed by atoms with E-state index < -0.39 is 15.9 Å². The van der Waals surface area contributed by atoms with Gasteiger partial charge < -0.3 is 9.32 Å². The van der Waals surface area contributed by atoms with Crippen LogP contribution in [0.25, 0.3) is 0 Å². The molecule has 0 saturated heterocycles. The molecule has 104 valence electrons. The van der Waals surface area contributed by atoms with Crippen molar-refractivity contribution >= 4 is 15.9 Å². The number of rotatable bonds is 7. The number of carbonyl (C=O) groups excluding carboxylic acids is 1. The van der Waals surface area contributed by atoms with Crippen LogP contribution in [0.3, 0.4) is 0 Å². The van der Waals surface area contributed by atoms with Gasteiger partial charge in [-0.15, -0.1) is 13.2 Å². The largest absolute Gasteiger partial charge is 0.438 e. The van der Waals surface area contributed by atoms with E-state index in [-0.39, 0.29) is 10.9 Å². The lowest BCUT2D eigenvalue weighted by atomic mass is 10.3. The third-order valence-electron chi connectivity index (χ3n) is 2.31.